The fourth-order valence-corrected chi connectivity index (χ4v) is 1.77. The van der Waals surface area contributed by atoms with Gasteiger partial charge in [0.25, 0.3) is 0 Å². The summed E-state index contributed by atoms with van der Waals surface area (Å²) in [6.45, 7) is 0. The van der Waals surface area contributed by atoms with Crippen molar-refractivity contribution in [2.24, 2.45) is 0 Å². The third-order valence-corrected chi connectivity index (χ3v) is 2.50. The van der Waals surface area contributed by atoms with Crippen LogP contribution in [-0.4, -0.2) is 14.3 Å². The van der Waals surface area contributed by atoms with E-state index in [-0.39, 0.29) is 0 Å². The van der Waals surface area contributed by atoms with Crippen LogP contribution in [0.5, 0.6) is 0 Å². The molecule has 0 saturated carbocycles. The largest absolute Gasteiger partial charge is 0.302 e. The van der Waals surface area contributed by atoms with Gasteiger partial charge in [0.15, 0.2) is 0 Å². The quantitative estimate of drug-likeness (QED) is 0.636. The number of nitrogens with zero attached hydrogens (tertiary/aromatic N) is 3. The summed E-state index contributed by atoms with van der Waals surface area (Å²) in [6, 6.07) is 16.2. The van der Waals surface area contributed by atoms with Gasteiger partial charge in [0.2, 0.25) is 0 Å². The smallest absolute Gasteiger partial charge is 0.138 e. The first-order chi connectivity index (χ1) is 7.95. The highest BCUT2D eigenvalue weighted by Crippen LogP contribution is 2.14. The molecule has 0 aliphatic rings. The molecule has 3 heteroatoms. The van der Waals surface area contributed by atoms with E-state index in [1.54, 1.807) is 6.20 Å². The van der Waals surface area contributed by atoms with Crippen LogP contribution in [0.4, 0.5) is 0 Å². The number of rotatable bonds is 2. The Kier molecular flexibility index (Phi) is 2.07. The molecular formula is C13H11N3. The van der Waals surface area contributed by atoms with Crippen molar-refractivity contribution < 1.29 is 0 Å². The predicted octanol–water partition coefficient (Wildman–Crippen LogP) is 2.66. The van der Waals surface area contributed by atoms with Crippen LogP contribution in [0.15, 0.2) is 67.1 Å². The lowest BCUT2D eigenvalue weighted by Crippen LogP contribution is -2.02. The first-order valence-corrected chi connectivity index (χ1v) is 5.18. The molecule has 2 aromatic heterocycles. The third kappa shape index (κ3) is 1.42. The summed E-state index contributed by atoms with van der Waals surface area (Å²) in [5.74, 6) is 1.04. The van der Waals surface area contributed by atoms with Crippen LogP contribution < -0.4 is 0 Å². The highest BCUT2D eigenvalue weighted by Gasteiger charge is 2.04. The average Bonchev–Trinajstić information content (AvgIpc) is 3.01. The molecule has 0 N–H and O–H groups in total. The highest BCUT2D eigenvalue weighted by atomic mass is 15.3. The molecule has 16 heavy (non-hydrogen) atoms. The molecule has 78 valence electrons. The van der Waals surface area contributed by atoms with Crippen LogP contribution in [-0.2, 0) is 0 Å². The van der Waals surface area contributed by atoms with Gasteiger partial charge >= 0.3 is 0 Å². The summed E-state index contributed by atoms with van der Waals surface area (Å²) < 4.78 is 3.96. The van der Waals surface area contributed by atoms with E-state index in [2.05, 4.69) is 21.8 Å². The highest BCUT2D eigenvalue weighted by molar-refractivity contribution is 5.40. The SMILES string of the molecule is c1ccc(-n2cccc2-n2cccn2)cc1. The van der Waals surface area contributed by atoms with Gasteiger partial charge in [-0.15, -0.1) is 0 Å². The lowest BCUT2D eigenvalue weighted by Gasteiger charge is -2.08. The van der Waals surface area contributed by atoms with Crippen molar-refractivity contribution in [2.75, 3.05) is 0 Å². The molecule has 0 aliphatic heterocycles. The second-order valence-corrected chi connectivity index (χ2v) is 3.52. The molecule has 2 heterocycles. The normalized spacial score (nSPS) is 10.5. The Morgan fingerprint density at radius 2 is 1.69 bits per heavy atom. The Hall–Kier alpha value is -2.29. The van der Waals surface area contributed by atoms with Crippen molar-refractivity contribution in [3.63, 3.8) is 0 Å². The number of hydrogen-bond donors (Lipinski definition) is 0. The maximum absolute atomic E-state index is 4.24. The monoisotopic (exact) mass is 209 g/mol. The van der Waals surface area contributed by atoms with Crippen LogP contribution >= 0.6 is 0 Å². The fourth-order valence-electron chi connectivity index (χ4n) is 1.77. The minimum absolute atomic E-state index is 1.04. The van der Waals surface area contributed by atoms with E-state index in [1.165, 1.54) is 0 Å². The minimum atomic E-state index is 1.04. The van der Waals surface area contributed by atoms with Gasteiger partial charge in [-0.2, -0.15) is 5.10 Å². The molecule has 0 fully saturated rings. The van der Waals surface area contributed by atoms with E-state index in [0.717, 1.165) is 11.5 Å². The van der Waals surface area contributed by atoms with Crippen molar-refractivity contribution in [1.29, 1.82) is 0 Å². The molecule has 1 aromatic carbocycles. The van der Waals surface area contributed by atoms with Gasteiger partial charge in [0.05, 0.1) is 0 Å². The fraction of sp³-hybridized carbons (Fsp3) is 0. The lowest BCUT2D eigenvalue weighted by molar-refractivity contribution is 0.817. The van der Waals surface area contributed by atoms with Crippen molar-refractivity contribution in [3.8, 4) is 11.5 Å². The molecule has 3 rings (SSSR count). The minimum Gasteiger partial charge on any atom is -0.302 e. The number of hydrogen-bond acceptors (Lipinski definition) is 1. The average molecular weight is 209 g/mol. The number of benzene rings is 1. The topological polar surface area (TPSA) is 22.8 Å². The molecule has 3 aromatic rings. The molecule has 0 unspecified atom stereocenters. The summed E-state index contributed by atoms with van der Waals surface area (Å²) in [5.41, 5.74) is 1.14. The van der Waals surface area contributed by atoms with Gasteiger partial charge < -0.3 is 4.57 Å². The molecular weight excluding hydrogens is 198 g/mol. The van der Waals surface area contributed by atoms with Crippen molar-refractivity contribution in [3.05, 3.63) is 67.1 Å². The Morgan fingerprint density at radius 1 is 0.812 bits per heavy atom. The van der Waals surface area contributed by atoms with E-state index in [1.807, 2.05) is 53.5 Å². The second-order valence-electron chi connectivity index (χ2n) is 3.52. The maximum Gasteiger partial charge on any atom is 0.138 e. The van der Waals surface area contributed by atoms with Crippen LogP contribution in [0, 0.1) is 0 Å². The number of para-hydroxylation sites is 1. The second kappa shape index (κ2) is 3.70. The van der Waals surface area contributed by atoms with Gasteiger partial charge in [-0.05, 0) is 30.3 Å². The van der Waals surface area contributed by atoms with Crippen molar-refractivity contribution >= 4 is 0 Å². The van der Waals surface area contributed by atoms with Gasteiger partial charge in [0.1, 0.15) is 5.82 Å². The Morgan fingerprint density at radius 3 is 2.44 bits per heavy atom. The summed E-state index contributed by atoms with van der Waals surface area (Å²) in [7, 11) is 0. The molecule has 0 spiro atoms. The zero-order valence-corrected chi connectivity index (χ0v) is 8.69. The molecule has 0 aliphatic carbocycles. The Labute approximate surface area is 93.6 Å². The first-order valence-electron chi connectivity index (χ1n) is 5.18. The van der Waals surface area contributed by atoms with E-state index >= 15 is 0 Å². The molecule has 0 saturated heterocycles. The summed E-state index contributed by atoms with van der Waals surface area (Å²) in [4.78, 5) is 0. The molecule has 0 atom stereocenters. The van der Waals surface area contributed by atoms with Gasteiger partial charge in [-0.3, -0.25) is 0 Å². The maximum atomic E-state index is 4.24. The van der Waals surface area contributed by atoms with Gasteiger partial charge in [-0.1, -0.05) is 18.2 Å². The van der Waals surface area contributed by atoms with Crippen LogP contribution in [0.1, 0.15) is 0 Å². The lowest BCUT2D eigenvalue weighted by atomic mass is 10.3. The summed E-state index contributed by atoms with van der Waals surface area (Å²) >= 11 is 0. The molecule has 3 nitrogen and oxygen atoms in total. The summed E-state index contributed by atoms with van der Waals surface area (Å²) in [5, 5.41) is 4.24. The third-order valence-electron chi connectivity index (χ3n) is 2.50. The Bertz CT molecular complexity index is 564. The Balaban J connectivity index is 2.14. The van der Waals surface area contributed by atoms with Crippen molar-refractivity contribution in [2.45, 2.75) is 0 Å². The van der Waals surface area contributed by atoms with E-state index in [0.29, 0.717) is 0 Å². The molecule has 0 amide bonds. The van der Waals surface area contributed by atoms with E-state index in [4.69, 9.17) is 0 Å². The zero-order chi connectivity index (χ0) is 10.8. The molecule has 0 radical (unpaired) electrons. The van der Waals surface area contributed by atoms with Gasteiger partial charge in [0, 0.05) is 24.3 Å². The standard InChI is InChI=1S/C13H11N3/c1-2-6-12(7-3-1)15-10-4-8-13(15)16-11-5-9-14-16/h1-11H. The summed E-state index contributed by atoms with van der Waals surface area (Å²) in [6.07, 6.45) is 5.75. The van der Waals surface area contributed by atoms with Crippen molar-refractivity contribution in [1.82, 2.24) is 14.3 Å². The number of aromatic nitrogens is 3. The predicted molar refractivity (Wildman–Crippen MR) is 62.9 cm³/mol. The van der Waals surface area contributed by atoms with E-state index in [9.17, 15) is 0 Å². The van der Waals surface area contributed by atoms with Crippen LogP contribution in [0.2, 0.25) is 0 Å². The zero-order valence-electron chi connectivity index (χ0n) is 8.69. The van der Waals surface area contributed by atoms with Crippen LogP contribution in [0.25, 0.3) is 11.5 Å². The van der Waals surface area contributed by atoms with Crippen LogP contribution in [0.3, 0.4) is 0 Å². The first kappa shape index (κ1) is 8.97. The van der Waals surface area contributed by atoms with Gasteiger partial charge in [-0.25, -0.2) is 4.68 Å². The molecule has 0 bridgehead atoms. The van der Waals surface area contributed by atoms with E-state index < -0.39 is 0 Å².